The first-order chi connectivity index (χ1) is 7.36. The van der Waals surface area contributed by atoms with Crippen molar-refractivity contribution in [1.29, 1.82) is 0 Å². The van der Waals surface area contributed by atoms with Gasteiger partial charge in [0.1, 0.15) is 0 Å². The number of benzene rings is 1. The minimum absolute atomic E-state index is 0.279. The number of nitrogens with one attached hydrogen (secondary N) is 1. The normalized spacial score (nSPS) is 21.3. The Morgan fingerprint density at radius 3 is 3.00 bits per heavy atom. The summed E-state index contributed by atoms with van der Waals surface area (Å²) in [5.74, 6) is 0. The van der Waals surface area contributed by atoms with Crippen LogP contribution in [0.4, 0.5) is 0 Å². The Balaban J connectivity index is 2.27. The summed E-state index contributed by atoms with van der Waals surface area (Å²) in [4.78, 5) is 3.43. The lowest BCUT2D eigenvalue weighted by Gasteiger charge is -2.07. The molecular weight excluding hydrogens is 186 g/mol. The predicted octanol–water partition coefficient (Wildman–Crippen LogP) is 2.93. The number of fused-ring (bicyclic) bond motifs is 3. The molecule has 2 aromatic rings. The van der Waals surface area contributed by atoms with Gasteiger partial charge >= 0.3 is 0 Å². The van der Waals surface area contributed by atoms with Gasteiger partial charge < -0.3 is 10.1 Å². The molecule has 15 heavy (non-hydrogen) atoms. The topological polar surface area (TPSA) is 36.0 Å². The Bertz CT molecular complexity index is 486. The van der Waals surface area contributed by atoms with Crippen LogP contribution in [-0.2, 0) is 6.42 Å². The van der Waals surface area contributed by atoms with Gasteiger partial charge in [-0.05, 0) is 25.3 Å². The van der Waals surface area contributed by atoms with Crippen molar-refractivity contribution in [2.24, 2.45) is 0 Å². The van der Waals surface area contributed by atoms with Crippen LogP contribution in [0.25, 0.3) is 10.9 Å². The van der Waals surface area contributed by atoms with Crippen molar-refractivity contribution in [3.8, 4) is 0 Å². The van der Waals surface area contributed by atoms with Crippen molar-refractivity contribution < 1.29 is 5.11 Å². The number of para-hydroxylation sites is 1. The number of H-pyrrole nitrogens is 1. The molecule has 1 unspecified atom stereocenters. The van der Waals surface area contributed by atoms with E-state index in [1.165, 1.54) is 17.5 Å². The molecule has 1 atom stereocenters. The Kier molecular flexibility index (Phi) is 2.03. The molecule has 0 radical (unpaired) electrons. The highest BCUT2D eigenvalue weighted by Gasteiger charge is 2.20. The van der Waals surface area contributed by atoms with Gasteiger partial charge in [0.05, 0.1) is 6.10 Å². The summed E-state index contributed by atoms with van der Waals surface area (Å²) in [5, 5.41) is 11.3. The smallest absolute Gasteiger partial charge is 0.0813 e. The quantitative estimate of drug-likeness (QED) is 0.632. The molecule has 2 N–H and O–H groups in total. The number of hydrogen-bond acceptors (Lipinski definition) is 1. The lowest BCUT2D eigenvalue weighted by atomic mass is 10.0. The summed E-state index contributed by atoms with van der Waals surface area (Å²) >= 11 is 0. The van der Waals surface area contributed by atoms with Crippen molar-refractivity contribution in [1.82, 2.24) is 4.98 Å². The molecule has 1 heterocycles. The molecule has 1 aliphatic carbocycles. The van der Waals surface area contributed by atoms with Gasteiger partial charge in [-0.15, -0.1) is 0 Å². The molecule has 0 saturated heterocycles. The van der Waals surface area contributed by atoms with Crippen molar-refractivity contribution >= 4 is 10.9 Å². The minimum Gasteiger partial charge on any atom is -0.388 e. The fourth-order valence-electron chi connectivity index (χ4n) is 2.58. The zero-order valence-corrected chi connectivity index (χ0v) is 8.66. The summed E-state index contributed by atoms with van der Waals surface area (Å²) in [6.45, 7) is 0. The highest BCUT2D eigenvalue weighted by molar-refractivity contribution is 5.85. The summed E-state index contributed by atoms with van der Waals surface area (Å²) in [5.41, 5.74) is 3.53. The van der Waals surface area contributed by atoms with E-state index in [0.717, 1.165) is 30.3 Å². The Hall–Kier alpha value is -1.28. The van der Waals surface area contributed by atoms with Gasteiger partial charge in [0, 0.05) is 22.2 Å². The average Bonchev–Trinajstić information content (AvgIpc) is 2.53. The molecule has 1 aliphatic rings. The van der Waals surface area contributed by atoms with Gasteiger partial charge in [0.25, 0.3) is 0 Å². The number of aryl methyl sites for hydroxylation is 1. The van der Waals surface area contributed by atoms with E-state index in [-0.39, 0.29) is 6.10 Å². The lowest BCUT2D eigenvalue weighted by molar-refractivity contribution is 0.168. The van der Waals surface area contributed by atoms with Crippen molar-refractivity contribution in [2.75, 3.05) is 0 Å². The Labute approximate surface area is 88.9 Å². The summed E-state index contributed by atoms with van der Waals surface area (Å²) in [7, 11) is 0. The molecule has 0 saturated carbocycles. The van der Waals surface area contributed by atoms with E-state index in [1.54, 1.807) is 0 Å². The fourth-order valence-corrected chi connectivity index (χ4v) is 2.58. The number of aliphatic hydroxyl groups excluding tert-OH is 1. The molecule has 1 aromatic heterocycles. The van der Waals surface area contributed by atoms with E-state index in [1.807, 2.05) is 12.1 Å². The summed E-state index contributed by atoms with van der Waals surface area (Å²) < 4.78 is 0. The van der Waals surface area contributed by atoms with E-state index in [9.17, 15) is 5.11 Å². The van der Waals surface area contributed by atoms with Crippen molar-refractivity contribution in [2.45, 2.75) is 31.8 Å². The maximum absolute atomic E-state index is 10.1. The Morgan fingerprint density at radius 2 is 2.07 bits per heavy atom. The second kappa shape index (κ2) is 3.38. The number of aliphatic hydroxyl groups is 1. The van der Waals surface area contributed by atoms with Gasteiger partial charge in [0.2, 0.25) is 0 Å². The number of rotatable bonds is 0. The van der Waals surface area contributed by atoms with Crippen LogP contribution in [0.3, 0.4) is 0 Å². The van der Waals surface area contributed by atoms with Crippen LogP contribution in [0.2, 0.25) is 0 Å². The standard InChI is InChI=1S/C13H15NO/c15-12-8-4-3-7-11-13(12)9-5-1-2-6-10(9)14-11/h1-2,5-6,12,14-15H,3-4,7-8H2. The van der Waals surface area contributed by atoms with E-state index in [0.29, 0.717) is 0 Å². The van der Waals surface area contributed by atoms with Crippen LogP contribution in [0.5, 0.6) is 0 Å². The zero-order valence-electron chi connectivity index (χ0n) is 8.66. The third kappa shape index (κ3) is 1.37. The Morgan fingerprint density at radius 1 is 1.20 bits per heavy atom. The second-order valence-electron chi connectivity index (χ2n) is 4.32. The molecule has 0 bridgehead atoms. The van der Waals surface area contributed by atoms with Crippen LogP contribution in [0.15, 0.2) is 24.3 Å². The summed E-state index contributed by atoms with van der Waals surface area (Å²) in [6.07, 6.45) is 3.99. The first-order valence-electron chi connectivity index (χ1n) is 5.64. The predicted molar refractivity (Wildman–Crippen MR) is 60.8 cm³/mol. The van der Waals surface area contributed by atoms with Crippen LogP contribution in [-0.4, -0.2) is 10.1 Å². The van der Waals surface area contributed by atoms with E-state index in [4.69, 9.17) is 0 Å². The molecule has 0 spiro atoms. The van der Waals surface area contributed by atoms with Gasteiger partial charge in [-0.2, -0.15) is 0 Å². The van der Waals surface area contributed by atoms with Gasteiger partial charge in [0.15, 0.2) is 0 Å². The maximum atomic E-state index is 10.1. The fraction of sp³-hybridized carbons (Fsp3) is 0.385. The molecular formula is C13H15NO. The van der Waals surface area contributed by atoms with Crippen LogP contribution in [0, 0.1) is 0 Å². The number of aromatic nitrogens is 1. The van der Waals surface area contributed by atoms with Crippen LogP contribution < -0.4 is 0 Å². The highest BCUT2D eigenvalue weighted by atomic mass is 16.3. The zero-order chi connectivity index (χ0) is 10.3. The SMILES string of the molecule is OC1CCCCc2[nH]c3ccccc3c21. The van der Waals surface area contributed by atoms with Gasteiger partial charge in [-0.25, -0.2) is 0 Å². The molecule has 0 fully saturated rings. The second-order valence-corrected chi connectivity index (χ2v) is 4.32. The molecule has 1 aromatic carbocycles. The first kappa shape index (κ1) is 8.98. The molecule has 2 heteroatoms. The molecule has 0 aliphatic heterocycles. The number of aromatic amines is 1. The van der Waals surface area contributed by atoms with Crippen molar-refractivity contribution in [3.63, 3.8) is 0 Å². The van der Waals surface area contributed by atoms with E-state index in [2.05, 4.69) is 17.1 Å². The minimum atomic E-state index is -0.279. The summed E-state index contributed by atoms with van der Waals surface area (Å²) in [6, 6.07) is 8.24. The molecule has 78 valence electrons. The highest BCUT2D eigenvalue weighted by Crippen LogP contribution is 2.34. The third-order valence-corrected chi connectivity index (χ3v) is 3.32. The van der Waals surface area contributed by atoms with Crippen molar-refractivity contribution in [3.05, 3.63) is 35.5 Å². The average molecular weight is 201 g/mol. The van der Waals surface area contributed by atoms with Crippen LogP contribution >= 0.6 is 0 Å². The van der Waals surface area contributed by atoms with Gasteiger partial charge in [-0.1, -0.05) is 24.6 Å². The van der Waals surface area contributed by atoms with Crippen LogP contribution in [0.1, 0.15) is 36.6 Å². The van der Waals surface area contributed by atoms with Gasteiger partial charge in [-0.3, -0.25) is 0 Å². The number of hydrogen-bond donors (Lipinski definition) is 2. The molecule has 3 rings (SSSR count). The molecule has 0 amide bonds. The monoisotopic (exact) mass is 201 g/mol. The first-order valence-corrected chi connectivity index (χ1v) is 5.64. The largest absolute Gasteiger partial charge is 0.388 e. The lowest BCUT2D eigenvalue weighted by Crippen LogP contribution is -1.96. The molecule has 2 nitrogen and oxygen atoms in total. The van der Waals surface area contributed by atoms with E-state index < -0.39 is 0 Å². The third-order valence-electron chi connectivity index (χ3n) is 3.32. The van der Waals surface area contributed by atoms with E-state index >= 15 is 0 Å². The maximum Gasteiger partial charge on any atom is 0.0813 e.